The molecular formula is C11H18N2O. The molecular weight excluding hydrogens is 176 g/mol. The minimum Gasteiger partial charge on any atom is -0.341 e. The zero-order chi connectivity index (χ0) is 9.97. The van der Waals surface area contributed by atoms with E-state index in [1.54, 1.807) is 0 Å². The van der Waals surface area contributed by atoms with Crippen LogP contribution in [0.5, 0.6) is 0 Å². The lowest BCUT2D eigenvalue weighted by Gasteiger charge is -2.26. The van der Waals surface area contributed by atoms with E-state index in [-0.39, 0.29) is 5.92 Å². The molecule has 1 unspecified atom stereocenters. The summed E-state index contributed by atoms with van der Waals surface area (Å²) in [5, 5.41) is 3.29. The summed E-state index contributed by atoms with van der Waals surface area (Å²) in [6.07, 6.45) is 7.20. The Hall–Kier alpha value is -0.830. The molecule has 0 aromatic heterocycles. The van der Waals surface area contributed by atoms with Crippen molar-refractivity contribution in [2.24, 2.45) is 5.92 Å². The fourth-order valence-corrected chi connectivity index (χ4v) is 2.26. The van der Waals surface area contributed by atoms with Crippen LogP contribution in [0.4, 0.5) is 0 Å². The molecule has 2 rings (SSSR count). The van der Waals surface area contributed by atoms with Crippen molar-refractivity contribution in [1.29, 1.82) is 0 Å². The van der Waals surface area contributed by atoms with Crippen LogP contribution < -0.4 is 5.32 Å². The third kappa shape index (κ3) is 1.82. The van der Waals surface area contributed by atoms with Crippen LogP contribution in [0.25, 0.3) is 0 Å². The molecule has 78 valence electrons. The zero-order valence-electron chi connectivity index (χ0n) is 8.70. The average Bonchev–Trinajstić information content (AvgIpc) is 2.87. The van der Waals surface area contributed by atoms with Gasteiger partial charge in [-0.1, -0.05) is 12.2 Å². The number of carbonyl (C=O) groups excluding carboxylic acids is 1. The number of nitrogens with zero attached hydrogens (tertiary/aromatic N) is 1. The Kier molecular flexibility index (Phi) is 2.87. The van der Waals surface area contributed by atoms with Crippen molar-refractivity contribution in [2.75, 3.05) is 20.1 Å². The van der Waals surface area contributed by atoms with Crippen LogP contribution in [0.3, 0.4) is 0 Å². The number of hydrogen-bond donors (Lipinski definition) is 1. The lowest BCUT2D eigenvalue weighted by Crippen LogP contribution is -2.41. The second-order valence-corrected chi connectivity index (χ2v) is 4.24. The van der Waals surface area contributed by atoms with Crippen LogP contribution in [0, 0.1) is 5.92 Å². The van der Waals surface area contributed by atoms with E-state index >= 15 is 0 Å². The fourth-order valence-electron chi connectivity index (χ4n) is 2.26. The molecule has 0 saturated carbocycles. The van der Waals surface area contributed by atoms with Crippen LogP contribution >= 0.6 is 0 Å². The van der Waals surface area contributed by atoms with Gasteiger partial charge in [0.05, 0.1) is 0 Å². The molecule has 0 spiro atoms. The molecule has 1 atom stereocenters. The van der Waals surface area contributed by atoms with E-state index in [0.717, 1.165) is 32.4 Å². The Labute approximate surface area is 85.2 Å². The molecule has 14 heavy (non-hydrogen) atoms. The van der Waals surface area contributed by atoms with Crippen molar-refractivity contribution in [3.05, 3.63) is 12.2 Å². The Morgan fingerprint density at radius 3 is 2.71 bits per heavy atom. The molecule has 3 heteroatoms. The molecule has 1 fully saturated rings. The molecule has 1 aliphatic carbocycles. The number of allylic oxidation sites excluding steroid dienone is 2. The molecule has 1 aliphatic heterocycles. The third-order valence-electron chi connectivity index (χ3n) is 3.29. The highest BCUT2D eigenvalue weighted by atomic mass is 16.2. The van der Waals surface area contributed by atoms with E-state index in [0.29, 0.717) is 11.9 Å². The van der Waals surface area contributed by atoms with Crippen LogP contribution in [-0.4, -0.2) is 37.0 Å². The number of likely N-dealkylation sites (N-methyl/N-ethyl adjacent to an activating group) is 1. The number of rotatable bonds is 2. The quantitative estimate of drug-likeness (QED) is 0.659. The van der Waals surface area contributed by atoms with Crippen molar-refractivity contribution in [2.45, 2.75) is 25.3 Å². The highest BCUT2D eigenvalue weighted by molar-refractivity contribution is 5.79. The Bertz CT molecular complexity index is 236. The van der Waals surface area contributed by atoms with Gasteiger partial charge in [-0.3, -0.25) is 4.79 Å². The van der Waals surface area contributed by atoms with Crippen molar-refractivity contribution < 1.29 is 4.79 Å². The molecule has 1 N–H and O–H groups in total. The van der Waals surface area contributed by atoms with Gasteiger partial charge in [0.1, 0.15) is 0 Å². The van der Waals surface area contributed by atoms with Gasteiger partial charge in [-0.25, -0.2) is 0 Å². The first-order chi connectivity index (χ1) is 6.79. The largest absolute Gasteiger partial charge is 0.341 e. The van der Waals surface area contributed by atoms with E-state index < -0.39 is 0 Å². The van der Waals surface area contributed by atoms with Crippen LogP contribution in [-0.2, 0) is 4.79 Å². The Morgan fingerprint density at radius 2 is 2.14 bits per heavy atom. The molecule has 0 bridgehead atoms. The first kappa shape index (κ1) is 9.71. The number of amides is 1. The summed E-state index contributed by atoms with van der Waals surface area (Å²) < 4.78 is 0. The maximum Gasteiger partial charge on any atom is 0.226 e. The maximum atomic E-state index is 12.0. The lowest BCUT2D eigenvalue weighted by molar-refractivity contribution is -0.135. The monoisotopic (exact) mass is 194 g/mol. The molecule has 3 nitrogen and oxygen atoms in total. The van der Waals surface area contributed by atoms with Crippen molar-refractivity contribution in [3.8, 4) is 0 Å². The predicted molar refractivity (Wildman–Crippen MR) is 55.9 cm³/mol. The molecule has 1 heterocycles. The summed E-state index contributed by atoms with van der Waals surface area (Å²) in [4.78, 5) is 13.9. The maximum absolute atomic E-state index is 12.0. The predicted octanol–water partition coefficient (Wildman–Crippen LogP) is 0.773. The number of carbonyl (C=O) groups is 1. The Balaban J connectivity index is 1.89. The van der Waals surface area contributed by atoms with E-state index in [2.05, 4.69) is 17.5 Å². The molecule has 0 aromatic rings. The van der Waals surface area contributed by atoms with Crippen LogP contribution in [0.2, 0.25) is 0 Å². The van der Waals surface area contributed by atoms with E-state index in [1.165, 1.54) is 0 Å². The summed E-state index contributed by atoms with van der Waals surface area (Å²) in [6, 6.07) is 0.420. The first-order valence-corrected chi connectivity index (χ1v) is 5.41. The summed E-state index contributed by atoms with van der Waals surface area (Å²) >= 11 is 0. The van der Waals surface area contributed by atoms with Crippen molar-refractivity contribution in [1.82, 2.24) is 10.2 Å². The van der Waals surface area contributed by atoms with Crippen molar-refractivity contribution in [3.63, 3.8) is 0 Å². The SMILES string of the molecule is CN(C(=O)C1CC=CC1)C1CCNC1. The van der Waals surface area contributed by atoms with Crippen LogP contribution in [0.15, 0.2) is 12.2 Å². The summed E-state index contributed by atoms with van der Waals surface area (Å²) in [5.41, 5.74) is 0. The van der Waals surface area contributed by atoms with Gasteiger partial charge in [0.2, 0.25) is 5.91 Å². The average molecular weight is 194 g/mol. The van der Waals surface area contributed by atoms with Gasteiger partial charge in [0, 0.05) is 25.6 Å². The van der Waals surface area contributed by atoms with Gasteiger partial charge in [-0.2, -0.15) is 0 Å². The molecule has 0 radical (unpaired) electrons. The topological polar surface area (TPSA) is 32.3 Å². The number of hydrogen-bond acceptors (Lipinski definition) is 2. The van der Waals surface area contributed by atoms with Gasteiger partial charge in [-0.15, -0.1) is 0 Å². The number of nitrogens with one attached hydrogen (secondary N) is 1. The summed E-state index contributed by atoms with van der Waals surface area (Å²) in [5.74, 6) is 0.546. The minimum atomic E-state index is 0.223. The van der Waals surface area contributed by atoms with E-state index in [9.17, 15) is 4.79 Å². The van der Waals surface area contributed by atoms with Crippen molar-refractivity contribution >= 4 is 5.91 Å². The van der Waals surface area contributed by atoms with Gasteiger partial charge >= 0.3 is 0 Å². The second-order valence-electron chi connectivity index (χ2n) is 4.24. The van der Waals surface area contributed by atoms with E-state index in [4.69, 9.17) is 0 Å². The molecule has 0 aromatic carbocycles. The second kappa shape index (κ2) is 4.13. The van der Waals surface area contributed by atoms with Crippen LogP contribution in [0.1, 0.15) is 19.3 Å². The van der Waals surface area contributed by atoms with E-state index in [1.807, 2.05) is 11.9 Å². The Morgan fingerprint density at radius 1 is 1.43 bits per heavy atom. The third-order valence-corrected chi connectivity index (χ3v) is 3.29. The van der Waals surface area contributed by atoms with Gasteiger partial charge in [0.15, 0.2) is 0 Å². The van der Waals surface area contributed by atoms with Gasteiger partial charge < -0.3 is 10.2 Å². The molecule has 1 saturated heterocycles. The smallest absolute Gasteiger partial charge is 0.226 e. The minimum absolute atomic E-state index is 0.223. The fraction of sp³-hybridized carbons (Fsp3) is 0.727. The molecule has 2 aliphatic rings. The zero-order valence-corrected chi connectivity index (χ0v) is 8.70. The first-order valence-electron chi connectivity index (χ1n) is 5.41. The lowest BCUT2D eigenvalue weighted by atomic mass is 10.0. The van der Waals surface area contributed by atoms with Gasteiger partial charge in [-0.05, 0) is 25.8 Å². The highest BCUT2D eigenvalue weighted by Crippen LogP contribution is 2.21. The summed E-state index contributed by atoms with van der Waals surface area (Å²) in [6.45, 7) is 2.01. The molecule has 1 amide bonds. The highest BCUT2D eigenvalue weighted by Gasteiger charge is 2.28. The normalized spacial score (nSPS) is 27.1. The summed E-state index contributed by atoms with van der Waals surface area (Å²) in [7, 11) is 1.94. The van der Waals surface area contributed by atoms with Gasteiger partial charge in [0.25, 0.3) is 0 Å². The standard InChI is InChI=1S/C11H18N2O/c1-13(10-6-7-12-8-10)11(14)9-4-2-3-5-9/h2-3,9-10,12H,4-8H2,1H3.